The summed E-state index contributed by atoms with van der Waals surface area (Å²) in [5.41, 5.74) is 1.25. The lowest BCUT2D eigenvalue weighted by atomic mass is 10.2. The molecule has 1 amide bonds. The summed E-state index contributed by atoms with van der Waals surface area (Å²) in [7, 11) is 1.63. The maximum absolute atomic E-state index is 11.9. The molecule has 4 nitrogen and oxygen atoms in total. The highest BCUT2D eigenvalue weighted by Crippen LogP contribution is 2.19. The number of nitrogens with one attached hydrogen (secondary N) is 1. The first kappa shape index (κ1) is 13.3. The van der Waals surface area contributed by atoms with E-state index in [1.165, 1.54) is 0 Å². The third-order valence-corrected chi connectivity index (χ3v) is 2.94. The number of methoxy groups -OCH3 is 1. The summed E-state index contributed by atoms with van der Waals surface area (Å²) < 4.78 is 5.16. The minimum absolute atomic E-state index is 0.119. The Morgan fingerprint density at radius 2 is 2.16 bits per heavy atom. The van der Waals surface area contributed by atoms with E-state index in [2.05, 4.69) is 17.2 Å². The molecule has 0 saturated carbocycles. The van der Waals surface area contributed by atoms with Crippen molar-refractivity contribution < 1.29 is 9.53 Å². The van der Waals surface area contributed by atoms with E-state index in [4.69, 9.17) is 4.74 Å². The molecule has 4 heteroatoms. The summed E-state index contributed by atoms with van der Waals surface area (Å²) >= 11 is 0. The second-order valence-corrected chi connectivity index (χ2v) is 4.36. The van der Waals surface area contributed by atoms with Gasteiger partial charge in [-0.2, -0.15) is 0 Å². The van der Waals surface area contributed by atoms with Crippen molar-refractivity contribution in [1.82, 2.24) is 10.3 Å². The van der Waals surface area contributed by atoms with E-state index < -0.39 is 0 Å². The van der Waals surface area contributed by atoms with E-state index in [0.717, 1.165) is 29.5 Å². The quantitative estimate of drug-likeness (QED) is 0.839. The molecule has 0 saturated heterocycles. The molecule has 0 radical (unpaired) electrons. The Labute approximate surface area is 112 Å². The number of ether oxygens (including phenoxy) is 1. The molecule has 0 fully saturated rings. The molecule has 1 N–H and O–H groups in total. The van der Waals surface area contributed by atoms with Gasteiger partial charge in [0.25, 0.3) is 5.91 Å². The number of carbonyl (C=O) groups is 1. The molecule has 19 heavy (non-hydrogen) atoms. The lowest BCUT2D eigenvalue weighted by Gasteiger charge is -2.06. The molecule has 0 spiro atoms. The molecular weight excluding hydrogens is 240 g/mol. The molecule has 0 aliphatic rings. The number of hydrogen-bond donors (Lipinski definition) is 1. The summed E-state index contributed by atoms with van der Waals surface area (Å²) in [6.45, 7) is 2.78. The zero-order valence-electron chi connectivity index (χ0n) is 11.3. The van der Waals surface area contributed by atoms with E-state index in [0.29, 0.717) is 12.2 Å². The summed E-state index contributed by atoms with van der Waals surface area (Å²) in [5.74, 6) is 0.667. The van der Waals surface area contributed by atoms with Crippen molar-refractivity contribution in [3.05, 3.63) is 36.0 Å². The van der Waals surface area contributed by atoms with Gasteiger partial charge in [0.1, 0.15) is 11.4 Å². The van der Waals surface area contributed by atoms with Crippen LogP contribution in [0.5, 0.6) is 5.75 Å². The fourth-order valence-electron chi connectivity index (χ4n) is 1.83. The molecule has 0 aliphatic carbocycles. The van der Waals surface area contributed by atoms with Crippen LogP contribution in [-0.4, -0.2) is 24.5 Å². The molecule has 1 aromatic heterocycles. The number of hydrogen-bond acceptors (Lipinski definition) is 3. The first-order valence-electron chi connectivity index (χ1n) is 6.47. The lowest BCUT2D eigenvalue weighted by molar-refractivity contribution is 0.0948. The maximum atomic E-state index is 11.9. The van der Waals surface area contributed by atoms with Gasteiger partial charge >= 0.3 is 0 Å². The van der Waals surface area contributed by atoms with Crippen LogP contribution in [0, 0.1) is 0 Å². The van der Waals surface area contributed by atoms with E-state index in [9.17, 15) is 4.79 Å². The average molecular weight is 258 g/mol. The first-order chi connectivity index (χ1) is 9.24. The number of unbranched alkanes of at least 4 members (excludes halogenated alkanes) is 1. The smallest absolute Gasteiger partial charge is 0.269 e. The molecule has 100 valence electrons. The Kier molecular flexibility index (Phi) is 4.34. The van der Waals surface area contributed by atoms with E-state index in [1.807, 2.05) is 24.3 Å². The predicted octanol–water partition coefficient (Wildman–Crippen LogP) is 2.77. The zero-order valence-corrected chi connectivity index (χ0v) is 11.3. The molecule has 1 heterocycles. The zero-order chi connectivity index (χ0) is 13.7. The van der Waals surface area contributed by atoms with Crippen molar-refractivity contribution in [2.24, 2.45) is 0 Å². The number of nitrogens with zero attached hydrogens (tertiary/aromatic N) is 1. The van der Waals surface area contributed by atoms with Gasteiger partial charge in [0, 0.05) is 11.9 Å². The van der Waals surface area contributed by atoms with Gasteiger partial charge in [0.2, 0.25) is 0 Å². The molecule has 0 unspecified atom stereocenters. The summed E-state index contributed by atoms with van der Waals surface area (Å²) in [5, 5.41) is 3.82. The number of benzene rings is 1. The number of aromatic nitrogens is 1. The van der Waals surface area contributed by atoms with Crippen LogP contribution in [-0.2, 0) is 0 Å². The lowest BCUT2D eigenvalue weighted by Crippen LogP contribution is -2.25. The van der Waals surface area contributed by atoms with Crippen molar-refractivity contribution in [3.63, 3.8) is 0 Å². The van der Waals surface area contributed by atoms with Crippen LogP contribution in [0.4, 0.5) is 0 Å². The summed E-state index contributed by atoms with van der Waals surface area (Å²) in [6.07, 6.45) is 2.04. The molecule has 0 atom stereocenters. The fraction of sp³-hybridized carbons (Fsp3) is 0.333. The Morgan fingerprint density at radius 3 is 2.89 bits per heavy atom. The number of fused-ring (bicyclic) bond motifs is 1. The minimum Gasteiger partial charge on any atom is -0.497 e. The van der Waals surface area contributed by atoms with Gasteiger partial charge < -0.3 is 10.1 Å². The van der Waals surface area contributed by atoms with Crippen molar-refractivity contribution in [1.29, 1.82) is 0 Å². The first-order valence-corrected chi connectivity index (χ1v) is 6.47. The normalized spacial score (nSPS) is 10.4. The highest BCUT2D eigenvalue weighted by Gasteiger charge is 2.07. The fourth-order valence-corrected chi connectivity index (χ4v) is 1.83. The Balaban J connectivity index is 2.19. The van der Waals surface area contributed by atoms with Crippen LogP contribution < -0.4 is 10.1 Å². The third-order valence-electron chi connectivity index (χ3n) is 2.94. The van der Waals surface area contributed by atoms with Crippen LogP contribution in [0.2, 0.25) is 0 Å². The SMILES string of the molecule is CCCCNC(=O)c1ccc2cc(OC)ccc2n1. The number of pyridine rings is 1. The van der Waals surface area contributed by atoms with Crippen LogP contribution in [0.25, 0.3) is 10.9 Å². The van der Waals surface area contributed by atoms with Gasteiger partial charge in [-0.25, -0.2) is 4.98 Å². The monoisotopic (exact) mass is 258 g/mol. The van der Waals surface area contributed by atoms with Crippen LogP contribution in [0.15, 0.2) is 30.3 Å². The average Bonchev–Trinajstić information content (AvgIpc) is 2.46. The van der Waals surface area contributed by atoms with Gasteiger partial charge in [0.15, 0.2) is 0 Å². The Bertz CT molecular complexity index is 581. The number of carbonyl (C=O) groups excluding carboxylic acids is 1. The Hall–Kier alpha value is -2.10. The van der Waals surface area contributed by atoms with E-state index >= 15 is 0 Å². The molecule has 2 aromatic rings. The standard InChI is InChI=1S/C15H18N2O2/c1-3-4-9-16-15(18)14-7-5-11-10-12(19-2)6-8-13(11)17-14/h5-8,10H,3-4,9H2,1-2H3,(H,16,18). The molecule has 0 aliphatic heterocycles. The Morgan fingerprint density at radius 1 is 1.32 bits per heavy atom. The second kappa shape index (κ2) is 6.18. The van der Waals surface area contributed by atoms with Crippen LogP contribution >= 0.6 is 0 Å². The molecule has 0 bridgehead atoms. The van der Waals surface area contributed by atoms with Crippen molar-refractivity contribution >= 4 is 16.8 Å². The van der Waals surface area contributed by atoms with Crippen molar-refractivity contribution in [2.75, 3.05) is 13.7 Å². The van der Waals surface area contributed by atoms with Gasteiger partial charge in [-0.15, -0.1) is 0 Å². The third kappa shape index (κ3) is 3.22. The number of rotatable bonds is 5. The molecular formula is C15H18N2O2. The maximum Gasteiger partial charge on any atom is 0.269 e. The second-order valence-electron chi connectivity index (χ2n) is 4.36. The van der Waals surface area contributed by atoms with Crippen LogP contribution in [0.3, 0.4) is 0 Å². The van der Waals surface area contributed by atoms with Crippen LogP contribution in [0.1, 0.15) is 30.3 Å². The topological polar surface area (TPSA) is 51.2 Å². The highest BCUT2D eigenvalue weighted by molar-refractivity contribution is 5.95. The highest BCUT2D eigenvalue weighted by atomic mass is 16.5. The van der Waals surface area contributed by atoms with Gasteiger partial charge in [-0.05, 0) is 30.7 Å². The summed E-state index contributed by atoms with van der Waals surface area (Å²) in [6, 6.07) is 9.23. The minimum atomic E-state index is -0.119. The number of amides is 1. The van der Waals surface area contributed by atoms with Gasteiger partial charge in [-0.1, -0.05) is 19.4 Å². The largest absolute Gasteiger partial charge is 0.497 e. The predicted molar refractivity (Wildman–Crippen MR) is 75.5 cm³/mol. The summed E-state index contributed by atoms with van der Waals surface area (Å²) in [4.78, 5) is 16.2. The van der Waals surface area contributed by atoms with Gasteiger partial charge in [0.05, 0.1) is 12.6 Å². The van der Waals surface area contributed by atoms with E-state index in [-0.39, 0.29) is 5.91 Å². The van der Waals surface area contributed by atoms with Crippen molar-refractivity contribution in [3.8, 4) is 5.75 Å². The van der Waals surface area contributed by atoms with E-state index in [1.54, 1.807) is 13.2 Å². The molecule has 1 aromatic carbocycles. The van der Waals surface area contributed by atoms with Gasteiger partial charge in [-0.3, -0.25) is 4.79 Å². The van der Waals surface area contributed by atoms with Crippen molar-refractivity contribution in [2.45, 2.75) is 19.8 Å². The molecule has 2 rings (SSSR count).